The first kappa shape index (κ1) is 43.4. The van der Waals surface area contributed by atoms with E-state index in [1.165, 1.54) is 55.3 Å². The van der Waals surface area contributed by atoms with Gasteiger partial charge in [-0.25, -0.2) is 0 Å². The van der Waals surface area contributed by atoms with E-state index in [1.54, 1.807) is 0 Å². The average Bonchev–Trinajstić information content (AvgIpc) is 3.66. The third kappa shape index (κ3) is 7.92. The fraction of sp³-hybridized carbons (Fsp3) is 0.0588. The van der Waals surface area contributed by atoms with E-state index in [9.17, 15) is 0 Å². The summed E-state index contributed by atoms with van der Waals surface area (Å²) in [5.74, 6) is 0. The maximum absolute atomic E-state index is 2.46. The van der Waals surface area contributed by atoms with Crippen LogP contribution in [0.15, 0.2) is 267 Å². The molecular weight excluding hydrogens is 859 g/mol. The summed E-state index contributed by atoms with van der Waals surface area (Å²) < 4.78 is 0. The van der Waals surface area contributed by atoms with Gasteiger partial charge in [0, 0.05) is 39.5 Å². The molecule has 11 aromatic carbocycles. The SMILES string of the molecule is Cc1cccc2c1-c1ccc(N(c3ccc(-c4cccc5cccc(-c6ccccc6)c45)cc3)c3cc(N(c4ccccc4)c4ccccc4)cc(N(c4ccccc4)c4ccccc4)c3)cc1C2(C)C. The molecule has 12 rings (SSSR count). The molecule has 3 nitrogen and oxygen atoms in total. The third-order valence-electron chi connectivity index (χ3n) is 14.3. The second-order valence-corrected chi connectivity index (χ2v) is 19.0. The number of fused-ring (bicyclic) bond motifs is 4. The number of rotatable bonds is 11. The van der Waals surface area contributed by atoms with Crippen molar-refractivity contribution in [3.05, 3.63) is 284 Å². The number of para-hydroxylation sites is 4. The van der Waals surface area contributed by atoms with Crippen LogP contribution in [0.3, 0.4) is 0 Å². The number of anilines is 9. The van der Waals surface area contributed by atoms with Crippen LogP contribution < -0.4 is 14.7 Å². The van der Waals surface area contributed by atoms with Gasteiger partial charge >= 0.3 is 0 Å². The first-order valence-electron chi connectivity index (χ1n) is 24.6. The predicted octanol–water partition coefficient (Wildman–Crippen LogP) is 19.2. The molecule has 3 heteroatoms. The molecule has 0 aromatic heterocycles. The van der Waals surface area contributed by atoms with Crippen molar-refractivity contribution in [2.24, 2.45) is 0 Å². The lowest BCUT2D eigenvalue weighted by Crippen LogP contribution is -2.18. The van der Waals surface area contributed by atoms with E-state index >= 15 is 0 Å². The zero-order chi connectivity index (χ0) is 47.9. The van der Waals surface area contributed by atoms with E-state index in [4.69, 9.17) is 0 Å². The Hall–Kier alpha value is -8.92. The third-order valence-corrected chi connectivity index (χ3v) is 14.3. The Morgan fingerprint density at radius 2 is 0.676 bits per heavy atom. The topological polar surface area (TPSA) is 9.72 Å². The Labute approximate surface area is 417 Å². The highest BCUT2D eigenvalue weighted by atomic mass is 15.2. The van der Waals surface area contributed by atoms with Gasteiger partial charge in [-0.3, -0.25) is 0 Å². The van der Waals surface area contributed by atoms with Gasteiger partial charge in [-0.1, -0.05) is 190 Å². The van der Waals surface area contributed by atoms with Crippen LogP contribution in [0.4, 0.5) is 51.2 Å². The summed E-state index contributed by atoms with van der Waals surface area (Å²) in [5.41, 5.74) is 20.8. The molecule has 0 saturated heterocycles. The Balaban J connectivity index is 1.11. The standard InChI is InChI=1S/C68H53N3/c1-48-22-19-37-64-66(48)63-43-42-57(47-65(63)68(64,2)3)71(56-40-38-50(39-41-56)62-36-21-26-51-25-20-35-61(67(51)62)49-23-9-4-10-24-49)60-45-58(69(52-27-11-5-12-28-52)53-29-13-6-14-30-53)44-59(46-60)70(54-31-15-7-16-32-54)55-33-17-8-18-34-55/h4-47H,1-3H3. The highest BCUT2D eigenvalue weighted by molar-refractivity contribution is 6.06. The Kier molecular flexibility index (Phi) is 11.1. The van der Waals surface area contributed by atoms with Gasteiger partial charge in [-0.05, 0) is 159 Å². The summed E-state index contributed by atoms with van der Waals surface area (Å²) in [6.45, 7) is 7.00. The lowest BCUT2D eigenvalue weighted by atomic mass is 9.82. The summed E-state index contributed by atoms with van der Waals surface area (Å²) in [7, 11) is 0. The van der Waals surface area contributed by atoms with Gasteiger partial charge < -0.3 is 14.7 Å². The molecule has 0 atom stereocenters. The van der Waals surface area contributed by atoms with Crippen LogP contribution in [0.2, 0.25) is 0 Å². The van der Waals surface area contributed by atoms with Gasteiger partial charge in [-0.2, -0.15) is 0 Å². The van der Waals surface area contributed by atoms with E-state index in [0.717, 1.165) is 56.7 Å². The van der Waals surface area contributed by atoms with Crippen molar-refractivity contribution in [2.45, 2.75) is 26.2 Å². The minimum absolute atomic E-state index is 0.200. The van der Waals surface area contributed by atoms with Gasteiger partial charge in [0.15, 0.2) is 0 Å². The molecular formula is C68H53N3. The van der Waals surface area contributed by atoms with Crippen molar-refractivity contribution in [1.29, 1.82) is 0 Å². The minimum Gasteiger partial charge on any atom is -0.310 e. The maximum atomic E-state index is 2.46. The first-order chi connectivity index (χ1) is 34.9. The van der Waals surface area contributed by atoms with Crippen LogP contribution in [-0.2, 0) is 5.41 Å². The Morgan fingerprint density at radius 1 is 0.282 bits per heavy atom. The van der Waals surface area contributed by atoms with Crippen molar-refractivity contribution in [2.75, 3.05) is 14.7 Å². The molecule has 0 amide bonds. The van der Waals surface area contributed by atoms with Crippen LogP contribution in [0, 0.1) is 6.92 Å². The van der Waals surface area contributed by atoms with Crippen molar-refractivity contribution < 1.29 is 0 Å². The monoisotopic (exact) mass is 911 g/mol. The zero-order valence-electron chi connectivity index (χ0n) is 40.2. The summed E-state index contributed by atoms with van der Waals surface area (Å²) in [4.78, 5) is 7.21. The average molecular weight is 912 g/mol. The molecule has 0 heterocycles. The molecule has 340 valence electrons. The Morgan fingerprint density at radius 3 is 1.15 bits per heavy atom. The number of hydrogen-bond acceptors (Lipinski definition) is 3. The molecule has 0 aliphatic heterocycles. The number of benzene rings is 11. The molecule has 0 unspecified atom stereocenters. The molecule has 11 aromatic rings. The lowest BCUT2D eigenvalue weighted by Gasteiger charge is -2.33. The highest BCUT2D eigenvalue weighted by Crippen LogP contribution is 2.53. The van der Waals surface area contributed by atoms with Crippen molar-refractivity contribution in [1.82, 2.24) is 0 Å². The van der Waals surface area contributed by atoms with Crippen LogP contribution in [0.1, 0.15) is 30.5 Å². The fourth-order valence-corrected chi connectivity index (χ4v) is 10.9. The highest BCUT2D eigenvalue weighted by Gasteiger charge is 2.37. The second kappa shape index (κ2) is 18.2. The van der Waals surface area contributed by atoms with Gasteiger partial charge in [0.1, 0.15) is 0 Å². The lowest BCUT2D eigenvalue weighted by molar-refractivity contribution is 0.660. The van der Waals surface area contributed by atoms with E-state index in [-0.39, 0.29) is 5.41 Å². The van der Waals surface area contributed by atoms with Gasteiger partial charge in [0.2, 0.25) is 0 Å². The molecule has 0 bridgehead atoms. The number of hydrogen-bond donors (Lipinski definition) is 0. The molecule has 0 N–H and O–H groups in total. The minimum atomic E-state index is -0.200. The number of nitrogens with zero attached hydrogens (tertiary/aromatic N) is 3. The van der Waals surface area contributed by atoms with E-state index in [2.05, 4.69) is 302 Å². The van der Waals surface area contributed by atoms with Gasteiger partial charge in [0.05, 0.1) is 17.1 Å². The van der Waals surface area contributed by atoms with E-state index < -0.39 is 0 Å². The molecule has 1 aliphatic carbocycles. The molecule has 0 spiro atoms. The van der Waals surface area contributed by atoms with Crippen molar-refractivity contribution in [3.63, 3.8) is 0 Å². The normalized spacial score (nSPS) is 12.3. The Bertz CT molecular complexity index is 3480. The van der Waals surface area contributed by atoms with E-state index in [1.807, 2.05) is 0 Å². The molecule has 0 fully saturated rings. The number of aryl methyl sites for hydroxylation is 1. The predicted molar refractivity (Wildman–Crippen MR) is 301 cm³/mol. The maximum Gasteiger partial charge on any atom is 0.0503 e. The summed E-state index contributed by atoms with van der Waals surface area (Å²) in [5, 5.41) is 2.47. The quantitative estimate of drug-likeness (QED) is 0.128. The molecule has 71 heavy (non-hydrogen) atoms. The molecule has 0 radical (unpaired) electrons. The van der Waals surface area contributed by atoms with Crippen molar-refractivity contribution >= 4 is 62.0 Å². The molecule has 0 saturated carbocycles. The van der Waals surface area contributed by atoms with Crippen LogP contribution >= 0.6 is 0 Å². The van der Waals surface area contributed by atoms with Crippen LogP contribution in [0.25, 0.3) is 44.2 Å². The smallest absolute Gasteiger partial charge is 0.0503 e. The fourth-order valence-electron chi connectivity index (χ4n) is 10.9. The summed E-state index contributed by atoms with van der Waals surface area (Å²) >= 11 is 0. The van der Waals surface area contributed by atoms with Crippen molar-refractivity contribution in [3.8, 4) is 33.4 Å². The second-order valence-electron chi connectivity index (χ2n) is 19.0. The summed E-state index contributed by atoms with van der Waals surface area (Å²) in [6.07, 6.45) is 0. The zero-order valence-corrected chi connectivity index (χ0v) is 40.2. The van der Waals surface area contributed by atoms with Gasteiger partial charge in [-0.15, -0.1) is 0 Å². The summed E-state index contributed by atoms with van der Waals surface area (Å²) in [6, 6.07) is 97.1. The van der Waals surface area contributed by atoms with E-state index in [0.29, 0.717) is 0 Å². The van der Waals surface area contributed by atoms with Crippen LogP contribution in [0.5, 0.6) is 0 Å². The molecule has 1 aliphatic rings. The largest absolute Gasteiger partial charge is 0.310 e. The first-order valence-corrected chi connectivity index (χ1v) is 24.6. The van der Waals surface area contributed by atoms with Gasteiger partial charge in [0.25, 0.3) is 0 Å². The van der Waals surface area contributed by atoms with Crippen LogP contribution in [-0.4, -0.2) is 0 Å².